The van der Waals surface area contributed by atoms with Crippen LogP contribution in [0.2, 0.25) is 0 Å². The number of carbonyl (C=O) groups excluding carboxylic acids is 2. The Kier molecular flexibility index (Phi) is 7.50. The standard InChI is InChI=1S/C20H29N3O3.ClH/c1-26-17-12-15(7-8-16(17)23-11-5-6-19(23)25)22-18(24)13-20(14-21)9-3-2-4-10-20;/h7-8,12H,2-6,9-11,13-14,21H2,1H3,(H,22,24);1H. The summed E-state index contributed by atoms with van der Waals surface area (Å²) in [5.74, 6) is 0.705. The van der Waals surface area contributed by atoms with E-state index in [0.29, 0.717) is 37.4 Å². The van der Waals surface area contributed by atoms with Crippen LogP contribution in [0.4, 0.5) is 11.4 Å². The predicted octanol–water partition coefficient (Wildman–Crippen LogP) is 3.48. The van der Waals surface area contributed by atoms with Gasteiger partial charge in [-0.3, -0.25) is 9.59 Å². The van der Waals surface area contributed by atoms with Gasteiger partial charge in [-0.05, 0) is 43.4 Å². The second-order valence-electron chi connectivity index (χ2n) is 7.53. The number of methoxy groups -OCH3 is 1. The molecule has 0 aromatic heterocycles. The zero-order chi connectivity index (χ0) is 18.6. The van der Waals surface area contributed by atoms with E-state index in [-0.39, 0.29) is 29.6 Å². The summed E-state index contributed by atoms with van der Waals surface area (Å²) in [5.41, 5.74) is 7.38. The third kappa shape index (κ3) is 4.93. The molecule has 7 heteroatoms. The number of carbonyl (C=O) groups is 2. The van der Waals surface area contributed by atoms with Gasteiger partial charge in [0.2, 0.25) is 11.8 Å². The fraction of sp³-hybridized carbons (Fsp3) is 0.600. The second kappa shape index (κ2) is 9.42. The number of hydrogen-bond donors (Lipinski definition) is 2. The molecule has 1 aromatic carbocycles. The van der Waals surface area contributed by atoms with Crippen LogP contribution in [-0.2, 0) is 9.59 Å². The van der Waals surface area contributed by atoms with Crippen molar-refractivity contribution in [3.05, 3.63) is 18.2 Å². The number of hydrogen-bond acceptors (Lipinski definition) is 4. The van der Waals surface area contributed by atoms with Gasteiger partial charge in [0.1, 0.15) is 5.75 Å². The molecule has 2 amide bonds. The maximum absolute atomic E-state index is 12.6. The molecule has 2 aliphatic rings. The van der Waals surface area contributed by atoms with E-state index in [1.807, 2.05) is 12.1 Å². The Labute approximate surface area is 167 Å². The van der Waals surface area contributed by atoms with Crippen molar-refractivity contribution < 1.29 is 14.3 Å². The van der Waals surface area contributed by atoms with Crippen LogP contribution in [0.15, 0.2) is 18.2 Å². The van der Waals surface area contributed by atoms with Gasteiger partial charge in [-0.15, -0.1) is 12.4 Å². The van der Waals surface area contributed by atoms with Crippen molar-refractivity contribution in [1.82, 2.24) is 0 Å². The van der Waals surface area contributed by atoms with Crippen molar-refractivity contribution in [2.45, 2.75) is 51.4 Å². The van der Waals surface area contributed by atoms with Crippen LogP contribution in [0.25, 0.3) is 0 Å². The minimum atomic E-state index is -0.0612. The van der Waals surface area contributed by atoms with Crippen molar-refractivity contribution in [2.24, 2.45) is 11.1 Å². The van der Waals surface area contributed by atoms with E-state index in [4.69, 9.17) is 10.5 Å². The number of amides is 2. The maximum atomic E-state index is 12.6. The molecule has 0 unspecified atom stereocenters. The van der Waals surface area contributed by atoms with Crippen molar-refractivity contribution in [3.8, 4) is 5.75 Å². The molecule has 0 atom stereocenters. The summed E-state index contributed by atoms with van der Waals surface area (Å²) < 4.78 is 5.45. The van der Waals surface area contributed by atoms with Crippen LogP contribution < -0.4 is 20.7 Å². The minimum Gasteiger partial charge on any atom is -0.494 e. The van der Waals surface area contributed by atoms with Gasteiger partial charge in [-0.1, -0.05) is 19.3 Å². The molecule has 0 spiro atoms. The van der Waals surface area contributed by atoms with Crippen LogP contribution in [0, 0.1) is 5.41 Å². The molecule has 6 nitrogen and oxygen atoms in total. The average Bonchev–Trinajstić information content (AvgIpc) is 3.08. The lowest BCUT2D eigenvalue weighted by Crippen LogP contribution is -2.36. The molecule has 1 saturated heterocycles. The number of nitrogens with two attached hydrogens (primary N) is 1. The van der Waals surface area contributed by atoms with Gasteiger partial charge in [-0.25, -0.2) is 0 Å². The number of nitrogens with one attached hydrogen (secondary N) is 1. The van der Waals surface area contributed by atoms with E-state index in [0.717, 1.165) is 37.8 Å². The molecule has 1 aliphatic carbocycles. The van der Waals surface area contributed by atoms with Crippen molar-refractivity contribution in [3.63, 3.8) is 0 Å². The van der Waals surface area contributed by atoms with Crippen LogP contribution in [-0.4, -0.2) is 32.0 Å². The summed E-state index contributed by atoms with van der Waals surface area (Å²) >= 11 is 0. The Morgan fingerprint density at radius 3 is 2.59 bits per heavy atom. The molecular weight excluding hydrogens is 366 g/mol. The molecular formula is C20H30ClN3O3. The van der Waals surface area contributed by atoms with Crippen molar-refractivity contribution in [1.29, 1.82) is 0 Å². The number of halogens is 1. The van der Waals surface area contributed by atoms with Gasteiger partial charge in [-0.2, -0.15) is 0 Å². The van der Waals surface area contributed by atoms with Crippen molar-refractivity contribution >= 4 is 35.6 Å². The summed E-state index contributed by atoms with van der Waals surface area (Å²) in [6, 6.07) is 5.46. The van der Waals surface area contributed by atoms with Gasteiger partial charge >= 0.3 is 0 Å². The highest BCUT2D eigenvalue weighted by atomic mass is 35.5. The normalized spacial score (nSPS) is 18.7. The maximum Gasteiger partial charge on any atom is 0.227 e. The first-order valence-corrected chi connectivity index (χ1v) is 9.55. The quantitative estimate of drug-likeness (QED) is 0.772. The van der Waals surface area contributed by atoms with E-state index in [1.165, 1.54) is 6.42 Å². The summed E-state index contributed by atoms with van der Waals surface area (Å²) in [6.45, 7) is 1.26. The van der Waals surface area contributed by atoms with Gasteiger partial charge in [0.25, 0.3) is 0 Å². The monoisotopic (exact) mass is 395 g/mol. The fourth-order valence-electron chi connectivity index (χ4n) is 4.18. The molecule has 0 bridgehead atoms. The summed E-state index contributed by atoms with van der Waals surface area (Å²) in [4.78, 5) is 26.3. The van der Waals surface area contributed by atoms with Gasteiger partial charge in [0.15, 0.2) is 0 Å². The molecule has 150 valence electrons. The Hall–Kier alpha value is -1.79. The molecule has 2 fully saturated rings. The van der Waals surface area contributed by atoms with E-state index in [2.05, 4.69) is 5.32 Å². The molecule has 1 aromatic rings. The predicted molar refractivity (Wildman–Crippen MR) is 110 cm³/mol. The van der Waals surface area contributed by atoms with E-state index in [1.54, 1.807) is 18.1 Å². The lowest BCUT2D eigenvalue weighted by atomic mass is 9.71. The first kappa shape index (κ1) is 21.5. The number of benzene rings is 1. The molecule has 27 heavy (non-hydrogen) atoms. The minimum absolute atomic E-state index is 0. The second-order valence-corrected chi connectivity index (χ2v) is 7.53. The Balaban J connectivity index is 0.00000261. The third-order valence-electron chi connectivity index (χ3n) is 5.71. The zero-order valence-electron chi connectivity index (χ0n) is 16.0. The van der Waals surface area contributed by atoms with Crippen LogP contribution in [0.3, 0.4) is 0 Å². The van der Waals surface area contributed by atoms with Gasteiger partial charge in [0.05, 0.1) is 12.8 Å². The molecule has 1 heterocycles. The topological polar surface area (TPSA) is 84.7 Å². The van der Waals surface area contributed by atoms with E-state index < -0.39 is 0 Å². The zero-order valence-corrected chi connectivity index (χ0v) is 16.8. The van der Waals surface area contributed by atoms with Crippen LogP contribution >= 0.6 is 12.4 Å². The highest BCUT2D eigenvalue weighted by Gasteiger charge is 2.33. The summed E-state index contributed by atoms with van der Waals surface area (Å²) in [6.07, 6.45) is 7.47. The molecule has 3 rings (SSSR count). The summed E-state index contributed by atoms with van der Waals surface area (Å²) in [7, 11) is 1.58. The van der Waals surface area contributed by atoms with Gasteiger partial charge < -0.3 is 20.7 Å². The van der Waals surface area contributed by atoms with Crippen LogP contribution in [0.5, 0.6) is 5.75 Å². The Bertz CT molecular complexity index is 674. The number of ether oxygens (including phenoxy) is 1. The largest absolute Gasteiger partial charge is 0.494 e. The highest BCUT2D eigenvalue weighted by molar-refractivity contribution is 5.98. The first-order chi connectivity index (χ1) is 12.6. The van der Waals surface area contributed by atoms with Crippen molar-refractivity contribution in [2.75, 3.05) is 30.4 Å². The van der Waals surface area contributed by atoms with E-state index >= 15 is 0 Å². The molecule has 1 saturated carbocycles. The van der Waals surface area contributed by atoms with E-state index in [9.17, 15) is 9.59 Å². The number of nitrogens with zero attached hydrogens (tertiary/aromatic N) is 1. The van der Waals surface area contributed by atoms with Crippen LogP contribution in [0.1, 0.15) is 51.4 Å². The first-order valence-electron chi connectivity index (χ1n) is 9.55. The lowest BCUT2D eigenvalue weighted by molar-refractivity contribution is -0.119. The third-order valence-corrected chi connectivity index (χ3v) is 5.71. The average molecular weight is 396 g/mol. The fourth-order valence-corrected chi connectivity index (χ4v) is 4.18. The molecule has 3 N–H and O–H groups in total. The lowest BCUT2D eigenvalue weighted by Gasteiger charge is -2.35. The highest BCUT2D eigenvalue weighted by Crippen LogP contribution is 2.39. The summed E-state index contributed by atoms with van der Waals surface area (Å²) in [5, 5.41) is 2.97. The van der Waals surface area contributed by atoms with Gasteiger partial charge in [0, 0.05) is 31.1 Å². The number of anilines is 2. The Morgan fingerprint density at radius 2 is 2.00 bits per heavy atom. The molecule has 0 radical (unpaired) electrons. The number of rotatable bonds is 6. The molecule has 1 aliphatic heterocycles. The SMILES string of the molecule is COc1cc(NC(=O)CC2(CN)CCCCC2)ccc1N1CCCC1=O.Cl. The Morgan fingerprint density at radius 1 is 1.26 bits per heavy atom. The smallest absolute Gasteiger partial charge is 0.227 e.